The molecule has 1 aliphatic rings. The number of ether oxygens (including phenoxy) is 1. The Morgan fingerprint density at radius 3 is 3.00 bits per heavy atom. The lowest BCUT2D eigenvalue weighted by Crippen LogP contribution is -2.27. The third-order valence-corrected chi connectivity index (χ3v) is 3.06. The fourth-order valence-electron chi connectivity index (χ4n) is 2.13. The van der Waals surface area contributed by atoms with Gasteiger partial charge in [-0.15, -0.1) is 0 Å². The molecular weight excluding hydrogens is 219 g/mol. The summed E-state index contributed by atoms with van der Waals surface area (Å²) in [4.78, 5) is 2.35. The summed E-state index contributed by atoms with van der Waals surface area (Å²) in [5, 5.41) is 3.36. The molecule has 3 nitrogen and oxygen atoms in total. The molecule has 0 radical (unpaired) electrons. The topological polar surface area (TPSA) is 24.5 Å². The highest BCUT2D eigenvalue weighted by molar-refractivity contribution is 5.29. The molecule has 0 unspecified atom stereocenters. The smallest absolute Gasteiger partial charge is 0.165 e. The molecular formula is C13H19FN2O. The van der Waals surface area contributed by atoms with Crippen molar-refractivity contribution in [2.45, 2.75) is 13.0 Å². The van der Waals surface area contributed by atoms with E-state index < -0.39 is 0 Å². The van der Waals surface area contributed by atoms with Gasteiger partial charge in [0.2, 0.25) is 0 Å². The Morgan fingerprint density at radius 2 is 2.24 bits per heavy atom. The molecule has 17 heavy (non-hydrogen) atoms. The number of halogens is 1. The number of nitrogens with zero attached hydrogens (tertiary/aromatic N) is 1. The fraction of sp³-hybridized carbons (Fsp3) is 0.538. The summed E-state index contributed by atoms with van der Waals surface area (Å²) < 4.78 is 18.4. The normalized spacial score (nSPS) is 17.8. The predicted octanol–water partition coefficient (Wildman–Crippen LogP) is 1.63. The maximum absolute atomic E-state index is 13.5. The van der Waals surface area contributed by atoms with Crippen LogP contribution in [-0.4, -0.2) is 38.2 Å². The van der Waals surface area contributed by atoms with Crippen molar-refractivity contribution in [2.75, 3.05) is 33.3 Å². The van der Waals surface area contributed by atoms with Gasteiger partial charge in [-0.05, 0) is 37.2 Å². The highest BCUT2D eigenvalue weighted by atomic mass is 19.1. The first kappa shape index (κ1) is 12.3. The quantitative estimate of drug-likeness (QED) is 0.866. The first-order valence-electron chi connectivity index (χ1n) is 6.05. The van der Waals surface area contributed by atoms with Crippen molar-refractivity contribution < 1.29 is 9.13 Å². The van der Waals surface area contributed by atoms with Gasteiger partial charge in [-0.25, -0.2) is 4.39 Å². The number of hydrogen-bond acceptors (Lipinski definition) is 3. The largest absolute Gasteiger partial charge is 0.494 e. The molecule has 1 N–H and O–H groups in total. The van der Waals surface area contributed by atoms with Crippen molar-refractivity contribution in [3.63, 3.8) is 0 Å². The van der Waals surface area contributed by atoms with E-state index >= 15 is 0 Å². The molecule has 1 heterocycles. The van der Waals surface area contributed by atoms with Crippen LogP contribution in [0.3, 0.4) is 0 Å². The summed E-state index contributed by atoms with van der Waals surface area (Å²) in [6, 6.07) is 5.19. The molecule has 1 saturated heterocycles. The first-order chi connectivity index (χ1) is 8.29. The molecule has 0 atom stereocenters. The van der Waals surface area contributed by atoms with Crippen LogP contribution in [0.1, 0.15) is 12.0 Å². The molecule has 4 heteroatoms. The van der Waals surface area contributed by atoms with Crippen molar-refractivity contribution in [1.29, 1.82) is 0 Å². The third kappa shape index (κ3) is 3.41. The summed E-state index contributed by atoms with van der Waals surface area (Å²) in [7, 11) is 1.48. The average molecular weight is 238 g/mol. The molecule has 0 aliphatic carbocycles. The third-order valence-electron chi connectivity index (χ3n) is 3.06. The minimum Gasteiger partial charge on any atom is -0.494 e. The second-order valence-corrected chi connectivity index (χ2v) is 4.35. The van der Waals surface area contributed by atoms with E-state index in [1.165, 1.54) is 7.11 Å². The highest BCUT2D eigenvalue weighted by Gasteiger charge is 2.10. The molecule has 0 spiro atoms. The van der Waals surface area contributed by atoms with Crippen LogP contribution in [-0.2, 0) is 6.54 Å². The lowest BCUT2D eigenvalue weighted by Gasteiger charge is -2.19. The molecule has 1 aromatic rings. The Balaban J connectivity index is 1.99. The van der Waals surface area contributed by atoms with E-state index in [4.69, 9.17) is 4.74 Å². The second-order valence-electron chi connectivity index (χ2n) is 4.35. The van der Waals surface area contributed by atoms with Gasteiger partial charge in [-0.3, -0.25) is 4.90 Å². The second kappa shape index (κ2) is 5.98. The van der Waals surface area contributed by atoms with Gasteiger partial charge in [0.1, 0.15) is 0 Å². The molecule has 0 amide bonds. The summed E-state index contributed by atoms with van der Waals surface area (Å²) in [5.41, 5.74) is 1.00. The Morgan fingerprint density at radius 1 is 1.35 bits per heavy atom. The Bertz CT molecular complexity index is 362. The van der Waals surface area contributed by atoms with Crippen molar-refractivity contribution in [1.82, 2.24) is 10.2 Å². The molecule has 1 aromatic carbocycles. The Kier molecular flexibility index (Phi) is 4.34. The van der Waals surface area contributed by atoms with E-state index in [2.05, 4.69) is 10.2 Å². The fourth-order valence-corrected chi connectivity index (χ4v) is 2.13. The van der Waals surface area contributed by atoms with Gasteiger partial charge in [0.15, 0.2) is 11.6 Å². The first-order valence-corrected chi connectivity index (χ1v) is 6.05. The zero-order chi connectivity index (χ0) is 12.1. The minimum absolute atomic E-state index is 0.280. The van der Waals surface area contributed by atoms with Crippen LogP contribution in [0.5, 0.6) is 5.75 Å². The predicted molar refractivity (Wildman–Crippen MR) is 65.7 cm³/mol. The summed E-state index contributed by atoms with van der Waals surface area (Å²) in [6.45, 7) is 4.99. The molecule has 1 fully saturated rings. The maximum Gasteiger partial charge on any atom is 0.165 e. The number of hydrogen-bond donors (Lipinski definition) is 1. The van der Waals surface area contributed by atoms with E-state index in [1.54, 1.807) is 12.1 Å². The molecule has 0 aromatic heterocycles. The van der Waals surface area contributed by atoms with Crippen molar-refractivity contribution >= 4 is 0 Å². The van der Waals surface area contributed by atoms with Crippen LogP contribution < -0.4 is 10.1 Å². The number of methoxy groups -OCH3 is 1. The van der Waals surface area contributed by atoms with Gasteiger partial charge in [-0.1, -0.05) is 6.07 Å². The number of benzene rings is 1. The zero-order valence-corrected chi connectivity index (χ0v) is 10.2. The monoisotopic (exact) mass is 238 g/mol. The summed E-state index contributed by atoms with van der Waals surface area (Å²) in [5.74, 6) is 0.0317. The van der Waals surface area contributed by atoms with Crippen LogP contribution in [0.25, 0.3) is 0 Å². The average Bonchev–Trinajstić information content (AvgIpc) is 2.58. The van der Waals surface area contributed by atoms with Crippen molar-refractivity contribution in [3.05, 3.63) is 29.6 Å². The number of rotatable bonds is 3. The molecule has 0 bridgehead atoms. The lowest BCUT2D eigenvalue weighted by atomic mass is 10.2. The standard InChI is InChI=1S/C13H19FN2O/c1-17-13-4-3-11(9-12(13)14)10-16-7-2-5-15-6-8-16/h3-4,9,15H,2,5-8,10H2,1H3. The van der Waals surface area contributed by atoms with Gasteiger partial charge < -0.3 is 10.1 Å². The van der Waals surface area contributed by atoms with Gasteiger partial charge >= 0.3 is 0 Å². The van der Waals surface area contributed by atoms with Crippen LogP contribution in [0.2, 0.25) is 0 Å². The molecule has 1 aliphatic heterocycles. The zero-order valence-electron chi connectivity index (χ0n) is 10.2. The van der Waals surface area contributed by atoms with Gasteiger partial charge in [-0.2, -0.15) is 0 Å². The Hall–Kier alpha value is -1.13. The van der Waals surface area contributed by atoms with Crippen LogP contribution in [0.4, 0.5) is 4.39 Å². The van der Waals surface area contributed by atoms with Crippen LogP contribution in [0, 0.1) is 5.82 Å². The van der Waals surface area contributed by atoms with Gasteiger partial charge in [0.25, 0.3) is 0 Å². The summed E-state index contributed by atoms with van der Waals surface area (Å²) in [6.07, 6.45) is 1.15. The van der Waals surface area contributed by atoms with Crippen LogP contribution in [0.15, 0.2) is 18.2 Å². The van der Waals surface area contributed by atoms with E-state index in [0.717, 1.165) is 44.7 Å². The summed E-state index contributed by atoms with van der Waals surface area (Å²) >= 11 is 0. The van der Waals surface area contributed by atoms with E-state index in [0.29, 0.717) is 5.75 Å². The van der Waals surface area contributed by atoms with Crippen molar-refractivity contribution in [3.8, 4) is 5.75 Å². The van der Waals surface area contributed by atoms with Crippen molar-refractivity contribution in [2.24, 2.45) is 0 Å². The molecule has 94 valence electrons. The van der Waals surface area contributed by atoms with Gasteiger partial charge in [0, 0.05) is 19.6 Å². The van der Waals surface area contributed by atoms with Gasteiger partial charge in [0.05, 0.1) is 7.11 Å². The Labute approximate surface area is 102 Å². The number of nitrogens with one attached hydrogen (secondary N) is 1. The molecule has 2 rings (SSSR count). The van der Waals surface area contributed by atoms with E-state index in [-0.39, 0.29) is 5.82 Å². The lowest BCUT2D eigenvalue weighted by molar-refractivity contribution is 0.283. The van der Waals surface area contributed by atoms with Crippen LogP contribution >= 0.6 is 0 Å². The SMILES string of the molecule is COc1ccc(CN2CCCNCC2)cc1F. The maximum atomic E-state index is 13.5. The van der Waals surface area contributed by atoms with E-state index in [1.807, 2.05) is 6.07 Å². The minimum atomic E-state index is -0.280. The highest BCUT2D eigenvalue weighted by Crippen LogP contribution is 2.18. The van der Waals surface area contributed by atoms with E-state index in [9.17, 15) is 4.39 Å². The molecule has 0 saturated carbocycles.